The highest BCUT2D eigenvalue weighted by atomic mass is 35.5. The van der Waals surface area contributed by atoms with Gasteiger partial charge in [0, 0.05) is 11.1 Å². The molecule has 1 nitrogen and oxygen atoms in total. The van der Waals surface area contributed by atoms with Gasteiger partial charge in [-0.25, -0.2) is 4.39 Å². The molecule has 0 saturated carbocycles. The minimum Gasteiger partial charge on any atom is -0.289 e. The molecule has 3 rings (SSSR count). The first-order valence-electron chi connectivity index (χ1n) is 12.1. The van der Waals surface area contributed by atoms with Crippen LogP contribution in [0.3, 0.4) is 0 Å². The highest BCUT2D eigenvalue weighted by Crippen LogP contribution is 2.44. The molecule has 0 heterocycles. The second-order valence-corrected chi connectivity index (χ2v) is 9.71. The maximum absolute atomic E-state index is 14.0. The minimum absolute atomic E-state index is 0.0588. The molecule has 2 aromatic carbocycles. The number of hydrogen-bond donors (Lipinski definition) is 0. The zero-order valence-electron chi connectivity index (χ0n) is 20.2. The summed E-state index contributed by atoms with van der Waals surface area (Å²) in [5, 5.41) is -0.465. The quantitative estimate of drug-likeness (QED) is 0.143. The van der Waals surface area contributed by atoms with Crippen LogP contribution in [0.2, 0.25) is 5.02 Å². The van der Waals surface area contributed by atoms with Crippen molar-refractivity contribution in [2.45, 2.75) is 76.8 Å². The monoisotopic (exact) mass is 506 g/mol. The van der Waals surface area contributed by atoms with Gasteiger partial charge in [0.2, 0.25) is 0 Å². The van der Waals surface area contributed by atoms with Gasteiger partial charge < -0.3 is 0 Å². The van der Waals surface area contributed by atoms with Crippen LogP contribution in [0.25, 0.3) is 11.6 Å². The minimum atomic E-state index is -4.83. The van der Waals surface area contributed by atoms with Gasteiger partial charge in [-0.05, 0) is 78.5 Å². The molecule has 2 aromatic rings. The van der Waals surface area contributed by atoms with Gasteiger partial charge in [0.1, 0.15) is 5.82 Å². The van der Waals surface area contributed by atoms with Gasteiger partial charge in [-0.3, -0.25) is 4.79 Å². The lowest BCUT2D eigenvalue weighted by molar-refractivity contribution is -0.0689. The van der Waals surface area contributed by atoms with Crippen LogP contribution in [0.1, 0.15) is 91.4 Å². The summed E-state index contributed by atoms with van der Waals surface area (Å²) < 4.78 is 55.9. The van der Waals surface area contributed by atoms with E-state index < -0.39 is 28.4 Å². The van der Waals surface area contributed by atoms with Crippen molar-refractivity contribution in [1.82, 2.24) is 0 Å². The third-order valence-corrected chi connectivity index (χ3v) is 7.44. The van der Waals surface area contributed by atoms with Gasteiger partial charge >= 0.3 is 6.18 Å². The number of halogens is 5. The van der Waals surface area contributed by atoms with Crippen LogP contribution >= 0.6 is 11.6 Å². The summed E-state index contributed by atoms with van der Waals surface area (Å²) in [6.45, 7) is 7.78. The molecule has 35 heavy (non-hydrogen) atoms. The highest BCUT2D eigenvalue weighted by molar-refractivity contribution is 6.31. The van der Waals surface area contributed by atoms with Gasteiger partial charge in [-0.1, -0.05) is 69.5 Å². The molecule has 1 aliphatic carbocycles. The Labute approximate surface area is 209 Å². The number of fused-ring (bicyclic) bond motifs is 1. The van der Waals surface area contributed by atoms with E-state index in [-0.39, 0.29) is 22.1 Å². The van der Waals surface area contributed by atoms with Crippen LogP contribution in [0.15, 0.2) is 43.0 Å². The fourth-order valence-corrected chi connectivity index (χ4v) is 5.42. The third kappa shape index (κ3) is 5.88. The lowest BCUT2D eigenvalue weighted by Gasteiger charge is -2.39. The maximum Gasteiger partial charge on any atom is 0.417 e. The fourth-order valence-electron chi connectivity index (χ4n) is 5.20. The summed E-state index contributed by atoms with van der Waals surface area (Å²) in [6.07, 6.45) is 5.22. The highest BCUT2D eigenvalue weighted by Gasteiger charge is 2.37. The fraction of sp³-hybridized carbons (Fsp3) is 0.414. The Bertz CT molecular complexity index is 1130. The molecular formula is C29H31ClF4O. The first kappa shape index (κ1) is 27.2. The first-order valence-corrected chi connectivity index (χ1v) is 12.5. The lowest BCUT2D eigenvalue weighted by Crippen LogP contribution is -2.30. The average molecular weight is 507 g/mol. The number of aryl methyl sites for hydroxylation is 1. The Kier molecular flexibility index (Phi) is 8.63. The Morgan fingerprint density at radius 3 is 2.51 bits per heavy atom. The van der Waals surface area contributed by atoms with Crippen molar-refractivity contribution in [2.75, 3.05) is 0 Å². The predicted octanol–water partition coefficient (Wildman–Crippen LogP) is 9.52. The van der Waals surface area contributed by atoms with E-state index >= 15 is 0 Å². The molecule has 1 unspecified atom stereocenters. The molecule has 0 fully saturated rings. The average Bonchev–Trinajstić information content (AvgIpc) is 2.83. The number of allylic oxidation sites excluding steroid dienone is 2. The van der Waals surface area contributed by atoms with E-state index in [2.05, 4.69) is 20.4 Å². The second-order valence-electron chi connectivity index (χ2n) is 9.30. The predicted molar refractivity (Wildman–Crippen MR) is 135 cm³/mol. The molecule has 0 radical (unpaired) electrons. The van der Waals surface area contributed by atoms with Crippen molar-refractivity contribution >= 4 is 29.0 Å². The van der Waals surface area contributed by atoms with Crippen molar-refractivity contribution < 1.29 is 22.4 Å². The van der Waals surface area contributed by atoms with E-state index in [4.69, 9.17) is 11.6 Å². The topological polar surface area (TPSA) is 17.1 Å². The third-order valence-electron chi connectivity index (χ3n) is 7.17. The number of ketones is 1. The SMILES string of the molecule is C=Cc1cc(/C(=C/C(=O)c2ccc3c(c2)CCCC3(CC)CCCCC)C(F)(F)F)cc(Cl)c1F. The summed E-state index contributed by atoms with van der Waals surface area (Å²) in [5.74, 6) is -1.61. The van der Waals surface area contributed by atoms with Gasteiger partial charge in [-0.2, -0.15) is 13.2 Å². The lowest BCUT2D eigenvalue weighted by atomic mass is 9.65. The maximum atomic E-state index is 14.0. The van der Waals surface area contributed by atoms with Crippen LogP contribution in [0.5, 0.6) is 0 Å². The molecule has 0 saturated heterocycles. The number of benzene rings is 2. The van der Waals surface area contributed by atoms with E-state index in [1.165, 1.54) is 12.0 Å². The van der Waals surface area contributed by atoms with Crippen LogP contribution in [0.4, 0.5) is 17.6 Å². The summed E-state index contributed by atoms with van der Waals surface area (Å²) in [5.41, 5.74) is 0.814. The Balaban J connectivity index is 2.01. The Morgan fingerprint density at radius 2 is 1.89 bits per heavy atom. The zero-order valence-corrected chi connectivity index (χ0v) is 21.0. The van der Waals surface area contributed by atoms with Crippen molar-refractivity contribution in [3.8, 4) is 0 Å². The number of rotatable bonds is 9. The molecule has 6 heteroatoms. The number of alkyl halides is 3. The molecule has 1 aliphatic rings. The number of unbranched alkanes of at least 4 members (excludes halogenated alkanes) is 2. The molecule has 188 valence electrons. The van der Waals surface area contributed by atoms with E-state index in [0.717, 1.165) is 68.7 Å². The van der Waals surface area contributed by atoms with Crippen LogP contribution in [-0.4, -0.2) is 12.0 Å². The molecule has 1 atom stereocenters. The number of carbonyl (C=O) groups is 1. The van der Waals surface area contributed by atoms with Crippen LogP contribution in [0, 0.1) is 5.82 Å². The van der Waals surface area contributed by atoms with Gasteiger partial charge in [-0.15, -0.1) is 0 Å². The zero-order chi connectivity index (χ0) is 25.8. The molecule has 0 N–H and O–H groups in total. The molecule has 0 bridgehead atoms. The normalized spacial score (nSPS) is 18.3. The summed E-state index contributed by atoms with van der Waals surface area (Å²) >= 11 is 5.81. The Morgan fingerprint density at radius 1 is 1.14 bits per heavy atom. The molecule has 0 spiro atoms. The van der Waals surface area contributed by atoms with E-state index in [9.17, 15) is 22.4 Å². The van der Waals surface area contributed by atoms with Crippen LogP contribution < -0.4 is 0 Å². The molecule has 0 aromatic heterocycles. The molecule has 0 aliphatic heterocycles. The smallest absolute Gasteiger partial charge is 0.289 e. The van der Waals surface area contributed by atoms with Gasteiger partial charge in [0.25, 0.3) is 0 Å². The number of carbonyl (C=O) groups excluding carboxylic acids is 1. The molecule has 0 amide bonds. The van der Waals surface area contributed by atoms with Crippen molar-refractivity contribution in [3.05, 3.63) is 81.6 Å². The standard InChI is InChI=1S/C29H31ClF4O/c1-4-7-8-13-28(6-3)14-9-10-20-16-21(11-12-23(20)28)26(35)18-24(29(32,33)34)22-15-19(5-2)27(31)25(30)17-22/h5,11-12,15-18H,2,4,6-10,13-14H2,1,3H3/b24-18-. The summed E-state index contributed by atoms with van der Waals surface area (Å²) in [6, 6.07) is 7.20. The molecular weight excluding hydrogens is 476 g/mol. The van der Waals surface area contributed by atoms with Crippen molar-refractivity contribution in [1.29, 1.82) is 0 Å². The van der Waals surface area contributed by atoms with Crippen molar-refractivity contribution in [3.63, 3.8) is 0 Å². The van der Waals surface area contributed by atoms with Crippen molar-refractivity contribution in [2.24, 2.45) is 0 Å². The summed E-state index contributed by atoms with van der Waals surface area (Å²) in [4.78, 5) is 13.0. The largest absolute Gasteiger partial charge is 0.417 e. The second kappa shape index (κ2) is 11.1. The first-order chi connectivity index (χ1) is 16.6. The van der Waals surface area contributed by atoms with Crippen LogP contribution in [-0.2, 0) is 11.8 Å². The van der Waals surface area contributed by atoms with E-state index in [1.807, 2.05) is 6.07 Å². The van der Waals surface area contributed by atoms with E-state index in [0.29, 0.717) is 6.08 Å². The number of hydrogen-bond acceptors (Lipinski definition) is 1. The van der Waals surface area contributed by atoms with E-state index in [1.54, 1.807) is 12.1 Å². The van der Waals surface area contributed by atoms with Gasteiger partial charge in [0.05, 0.1) is 10.6 Å². The van der Waals surface area contributed by atoms with Gasteiger partial charge in [0.15, 0.2) is 5.78 Å². The Hall–Kier alpha value is -2.40. The summed E-state index contributed by atoms with van der Waals surface area (Å²) in [7, 11) is 0.